The number of benzene rings is 2. The Bertz CT molecular complexity index is 1540. The van der Waals surface area contributed by atoms with Crippen LogP contribution in [-0.4, -0.2) is 78.5 Å². The van der Waals surface area contributed by atoms with Crippen molar-refractivity contribution in [3.05, 3.63) is 83.7 Å². The number of aryl methyl sites for hydroxylation is 1. The molecule has 2 aromatic carbocycles. The van der Waals surface area contributed by atoms with Crippen molar-refractivity contribution < 1.29 is 24.2 Å². The van der Waals surface area contributed by atoms with Crippen LogP contribution in [0, 0.1) is 0 Å². The normalized spacial score (nSPS) is 14.1. The van der Waals surface area contributed by atoms with Gasteiger partial charge in [0.25, 0.3) is 5.91 Å². The van der Waals surface area contributed by atoms with Gasteiger partial charge in [0, 0.05) is 56.7 Å². The van der Waals surface area contributed by atoms with E-state index in [1.165, 1.54) is 5.56 Å². The summed E-state index contributed by atoms with van der Waals surface area (Å²) in [6, 6.07) is 16.8. The van der Waals surface area contributed by atoms with E-state index in [1.54, 1.807) is 43.3 Å². The number of pyridine rings is 1. The summed E-state index contributed by atoms with van der Waals surface area (Å²) >= 11 is 0. The van der Waals surface area contributed by atoms with E-state index in [2.05, 4.69) is 20.5 Å². The SMILES string of the molecule is CNC(=O)n1ccc2cc(Oc3ccnc(NC(=O)c4ccc(C5CCN(CCO)CC5)cc4)c3)c(CCCOC)cc21. The Hall–Kier alpha value is -4.25. The molecule has 0 radical (unpaired) electrons. The van der Waals surface area contributed by atoms with E-state index in [1.807, 2.05) is 42.5 Å². The number of β-amino-alcohol motifs (C(OH)–C–C–N with tert-alkyl or cyclic N) is 1. The van der Waals surface area contributed by atoms with Gasteiger partial charge in [-0.15, -0.1) is 0 Å². The number of ether oxygens (including phenoxy) is 2. The number of aromatic nitrogens is 2. The van der Waals surface area contributed by atoms with E-state index in [-0.39, 0.29) is 18.5 Å². The van der Waals surface area contributed by atoms with E-state index in [0.717, 1.165) is 55.4 Å². The quantitative estimate of drug-likeness (QED) is 0.212. The minimum Gasteiger partial charge on any atom is -0.457 e. The van der Waals surface area contributed by atoms with Crippen LogP contribution >= 0.6 is 0 Å². The highest BCUT2D eigenvalue weighted by atomic mass is 16.5. The lowest BCUT2D eigenvalue weighted by Crippen LogP contribution is -2.34. The minimum atomic E-state index is -0.244. The van der Waals surface area contributed by atoms with Crippen LogP contribution in [0.5, 0.6) is 11.5 Å². The van der Waals surface area contributed by atoms with E-state index in [0.29, 0.717) is 41.8 Å². The summed E-state index contributed by atoms with van der Waals surface area (Å²) in [5.41, 5.74) is 3.52. The number of aliphatic hydroxyl groups is 1. The molecule has 0 spiro atoms. The van der Waals surface area contributed by atoms with Crippen LogP contribution in [-0.2, 0) is 11.2 Å². The summed E-state index contributed by atoms with van der Waals surface area (Å²) < 4.78 is 13.1. The first kappa shape index (κ1) is 30.2. The molecule has 4 aromatic rings. The molecule has 10 nitrogen and oxygen atoms in total. The second-order valence-corrected chi connectivity index (χ2v) is 10.8. The van der Waals surface area contributed by atoms with Gasteiger partial charge in [-0.3, -0.25) is 9.36 Å². The maximum atomic E-state index is 13.0. The first-order valence-corrected chi connectivity index (χ1v) is 14.7. The van der Waals surface area contributed by atoms with Gasteiger partial charge in [-0.25, -0.2) is 9.78 Å². The number of nitrogens with one attached hydrogen (secondary N) is 2. The fourth-order valence-corrected chi connectivity index (χ4v) is 5.60. The Balaban J connectivity index is 1.28. The van der Waals surface area contributed by atoms with Crippen molar-refractivity contribution in [2.24, 2.45) is 0 Å². The van der Waals surface area contributed by atoms with E-state index in [9.17, 15) is 9.59 Å². The van der Waals surface area contributed by atoms with Crippen molar-refractivity contribution >= 4 is 28.7 Å². The molecule has 1 saturated heterocycles. The molecule has 0 unspecified atom stereocenters. The smallest absolute Gasteiger partial charge is 0.325 e. The third-order valence-electron chi connectivity index (χ3n) is 7.95. The largest absolute Gasteiger partial charge is 0.457 e. The summed E-state index contributed by atoms with van der Waals surface area (Å²) in [5.74, 6) is 1.80. The Morgan fingerprint density at radius 3 is 2.58 bits per heavy atom. The molecule has 0 bridgehead atoms. The van der Waals surface area contributed by atoms with Crippen molar-refractivity contribution in [2.45, 2.75) is 31.6 Å². The summed E-state index contributed by atoms with van der Waals surface area (Å²) in [5, 5.41) is 15.6. The van der Waals surface area contributed by atoms with Gasteiger partial charge >= 0.3 is 6.03 Å². The van der Waals surface area contributed by atoms with Gasteiger partial charge < -0.3 is 30.1 Å². The predicted octanol–water partition coefficient (Wildman–Crippen LogP) is 5.02. The van der Waals surface area contributed by atoms with Gasteiger partial charge in [-0.05, 0) is 92.2 Å². The summed E-state index contributed by atoms with van der Waals surface area (Å²) in [4.78, 5) is 32.0. The highest BCUT2D eigenvalue weighted by Crippen LogP contribution is 2.33. The number of carbonyl (C=O) groups excluding carboxylic acids is 2. The number of carbonyl (C=O) groups is 2. The topological polar surface area (TPSA) is 118 Å². The highest BCUT2D eigenvalue weighted by Gasteiger charge is 2.21. The Labute approximate surface area is 251 Å². The second kappa shape index (κ2) is 14.3. The van der Waals surface area contributed by atoms with E-state index in [4.69, 9.17) is 14.6 Å². The fraction of sp³-hybridized carbons (Fsp3) is 0.364. The molecule has 2 amide bonds. The number of aliphatic hydroxyl groups excluding tert-OH is 1. The Morgan fingerprint density at radius 2 is 1.86 bits per heavy atom. The molecule has 5 rings (SSSR count). The summed E-state index contributed by atoms with van der Waals surface area (Å²) in [6.07, 6.45) is 6.91. The molecule has 1 aliphatic heterocycles. The van der Waals surface area contributed by atoms with Gasteiger partial charge in [-0.1, -0.05) is 12.1 Å². The first-order chi connectivity index (χ1) is 21.0. The van der Waals surface area contributed by atoms with Crippen LogP contribution in [0.1, 0.15) is 46.7 Å². The lowest BCUT2D eigenvalue weighted by molar-refractivity contribution is 0.102. The molecular weight excluding hydrogens is 546 g/mol. The zero-order valence-electron chi connectivity index (χ0n) is 24.7. The number of methoxy groups -OCH3 is 1. The van der Waals surface area contributed by atoms with Crippen LogP contribution in [0.4, 0.5) is 10.6 Å². The van der Waals surface area contributed by atoms with Crippen molar-refractivity contribution in [2.75, 3.05) is 52.3 Å². The Morgan fingerprint density at radius 1 is 1.07 bits per heavy atom. The maximum Gasteiger partial charge on any atom is 0.325 e. The number of hydrogen-bond acceptors (Lipinski definition) is 7. The highest BCUT2D eigenvalue weighted by molar-refractivity contribution is 6.03. The molecule has 10 heteroatoms. The first-order valence-electron chi connectivity index (χ1n) is 14.7. The Kier molecular flexibility index (Phi) is 10.0. The van der Waals surface area contributed by atoms with Crippen LogP contribution in [0.15, 0.2) is 67.0 Å². The monoisotopic (exact) mass is 585 g/mol. The molecule has 1 fully saturated rings. The predicted molar refractivity (Wildman–Crippen MR) is 166 cm³/mol. The molecule has 3 heterocycles. The van der Waals surface area contributed by atoms with Crippen molar-refractivity contribution in [1.82, 2.24) is 19.8 Å². The zero-order valence-corrected chi connectivity index (χ0v) is 24.7. The molecule has 43 heavy (non-hydrogen) atoms. The van der Waals surface area contributed by atoms with E-state index < -0.39 is 0 Å². The van der Waals surface area contributed by atoms with Gasteiger partial charge in [-0.2, -0.15) is 0 Å². The standard InChI is InChI=1S/C33H39N5O5/c1-34-33(41)38-16-12-26-21-30(27(20-29(26)38)4-3-19-42-2)43-28-9-13-35-31(22-28)36-32(40)25-7-5-23(6-8-25)24-10-14-37(15-11-24)17-18-39/h5-9,12-13,16,20-22,24,39H,3-4,10-11,14-15,17-19H2,1-2H3,(H,34,41)(H,35,36,40). The number of nitrogens with zero attached hydrogens (tertiary/aromatic N) is 3. The summed E-state index contributed by atoms with van der Waals surface area (Å²) in [7, 11) is 3.27. The van der Waals surface area contributed by atoms with Crippen molar-refractivity contribution in [3.8, 4) is 11.5 Å². The third kappa shape index (κ3) is 7.40. The molecule has 0 saturated carbocycles. The fourth-order valence-electron chi connectivity index (χ4n) is 5.60. The van der Waals surface area contributed by atoms with Gasteiger partial charge in [0.1, 0.15) is 17.3 Å². The number of likely N-dealkylation sites (tertiary alicyclic amines) is 1. The molecule has 3 N–H and O–H groups in total. The molecule has 1 aliphatic rings. The average Bonchev–Trinajstić information content (AvgIpc) is 3.44. The number of rotatable bonds is 11. The second-order valence-electron chi connectivity index (χ2n) is 10.8. The number of hydrogen-bond donors (Lipinski definition) is 3. The zero-order chi connectivity index (χ0) is 30.2. The lowest BCUT2D eigenvalue weighted by Gasteiger charge is -2.31. The molecule has 0 atom stereocenters. The van der Waals surface area contributed by atoms with Crippen LogP contribution in [0.2, 0.25) is 0 Å². The number of piperidine rings is 1. The van der Waals surface area contributed by atoms with E-state index >= 15 is 0 Å². The van der Waals surface area contributed by atoms with Gasteiger partial charge in [0.15, 0.2) is 0 Å². The molecular formula is C33H39N5O5. The van der Waals surface area contributed by atoms with Gasteiger partial charge in [0.2, 0.25) is 0 Å². The molecule has 226 valence electrons. The molecule has 0 aliphatic carbocycles. The maximum absolute atomic E-state index is 13.0. The third-order valence-corrected chi connectivity index (χ3v) is 7.95. The number of amides is 2. The number of fused-ring (bicyclic) bond motifs is 1. The summed E-state index contributed by atoms with van der Waals surface area (Å²) in [6.45, 7) is 3.47. The number of anilines is 1. The van der Waals surface area contributed by atoms with Crippen LogP contribution < -0.4 is 15.4 Å². The van der Waals surface area contributed by atoms with Crippen LogP contribution in [0.25, 0.3) is 10.9 Å². The van der Waals surface area contributed by atoms with Crippen LogP contribution in [0.3, 0.4) is 0 Å². The average molecular weight is 586 g/mol. The van der Waals surface area contributed by atoms with Crippen molar-refractivity contribution in [3.63, 3.8) is 0 Å². The molecule has 2 aromatic heterocycles. The van der Waals surface area contributed by atoms with Crippen molar-refractivity contribution in [1.29, 1.82) is 0 Å². The van der Waals surface area contributed by atoms with Gasteiger partial charge in [0.05, 0.1) is 12.1 Å². The lowest BCUT2D eigenvalue weighted by atomic mass is 9.89. The minimum absolute atomic E-state index is 0.194.